The molecule has 0 saturated carbocycles. The zero-order valence-corrected chi connectivity index (χ0v) is 19.4. The molecule has 0 aliphatic carbocycles. The van der Waals surface area contributed by atoms with E-state index in [0.29, 0.717) is 13.0 Å². The summed E-state index contributed by atoms with van der Waals surface area (Å²) in [7, 11) is 1.67. The van der Waals surface area contributed by atoms with Crippen LogP contribution in [0.5, 0.6) is 5.75 Å². The highest BCUT2D eigenvalue weighted by molar-refractivity contribution is 5.83. The number of aromatic nitrogens is 2. The Hall–Kier alpha value is -4.12. The standard InChI is InChI=1S/C29H27N3O2/c1-20(30-28(33)17-21-8-4-3-5-9-21)29-31-26-15-14-25(34-2)18-27(26)32(29)19-22-12-13-23-10-6-7-11-24(23)16-22/h3-16,18,20H,17,19H2,1-2H3,(H,30,33). The van der Waals surface area contributed by atoms with Gasteiger partial charge in [0.05, 0.1) is 30.6 Å². The van der Waals surface area contributed by atoms with Gasteiger partial charge in [-0.05, 0) is 47.0 Å². The number of ether oxygens (including phenoxy) is 1. The van der Waals surface area contributed by atoms with Crippen molar-refractivity contribution in [2.45, 2.75) is 25.9 Å². The van der Waals surface area contributed by atoms with Crippen LogP contribution in [-0.4, -0.2) is 22.6 Å². The van der Waals surface area contributed by atoms with Crippen LogP contribution in [0.1, 0.15) is 29.9 Å². The Morgan fingerprint density at radius 2 is 1.68 bits per heavy atom. The fourth-order valence-electron chi connectivity index (χ4n) is 4.40. The summed E-state index contributed by atoms with van der Waals surface area (Å²) in [4.78, 5) is 17.7. The van der Waals surface area contributed by atoms with Gasteiger partial charge < -0.3 is 14.6 Å². The molecule has 1 unspecified atom stereocenters. The minimum absolute atomic E-state index is 0.0272. The molecule has 1 heterocycles. The number of hydrogen-bond acceptors (Lipinski definition) is 3. The molecule has 5 nitrogen and oxygen atoms in total. The van der Waals surface area contributed by atoms with Gasteiger partial charge in [-0.15, -0.1) is 0 Å². The van der Waals surface area contributed by atoms with Crippen molar-refractivity contribution in [3.05, 3.63) is 108 Å². The van der Waals surface area contributed by atoms with Gasteiger partial charge in [-0.2, -0.15) is 0 Å². The van der Waals surface area contributed by atoms with Crippen LogP contribution in [0.25, 0.3) is 21.8 Å². The van der Waals surface area contributed by atoms with E-state index >= 15 is 0 Å². The summed E-state index contributed by atoms with van der Waals surface area (Å²) in [5, 5.41) is 5.55. The molecule has 4 aromatic carbocycles. The van der Waals surface area contributed by atoms with Crippen LogP contribution in [0.2, 0.25) is 0 Å². The summed E-state index contributed by atoms with van der Waals surface area (Å²) >= 11 is 0. The number of nitrogens with zero attached hydrogens (tertiary/aromatic N) is 2. The van der Waals surface area contributed by atoms with Gasteiger partial charge in [0.15, 0.2) is 0 Å². The number of nitrogens with one attached hydrogen (secondary N) is 1. The van der Waals surface area contributed by atoms with Crippen molar-refractivity contribution in [1.29, 1.82) is 0 Å². The number of hydrogen-bond donors (Lipinski definition) is 1. The molecule has 0 bridgehead atoms. The van der Waals surface area contributed by atoms with E-state index in [2.05, 4.69) is 52.3 Å². The largest absolute Gasteiger partial charge is 0.497 e. The first kappa shape index (κ1) is 21.7. The van der Waals surface area contributed by atoms with Gasteiger partial charge in [-0.3, -0.25) is 4.79 Å². The monoisotopic (exact) mass is 449 g/mol. The van der Waals surface area contributed by atoms with Gasteiger partial charge in [0.25, 0.3) is 0 Å². The second-order valence-corrected chi connectivity index (χ2v) is 8.54. The van der Waals surface area contributed by atoms with Crippen molar-refractivity contribution >= 4 is 27.7 Å². The number of benzene rings is 4. The SMILES string of the molecule is COc1ccc2nc(C(C)NC(=O)Cc3ccccc3)n(Cc3ccc4ccccc4c3)c2c1. The third-order valence-corrected chi connectivity index (χ3v) is 6.11. The summed E-state index contributed by atoms with van der Waals surface area (Å²) in [5.74, 6) is 1.57. The first-order valence-corrected chi connectivity index (χ1v) is 11.5. The quantitative estimate of drug-likeness (QED) is 0.348. The number of carbonyl (C=O) groups is 1. The molecule has 0 aliphatic rings. The lowest BCUT2D eigenvalue weighted by Crippen LogP contribution is -2.30. The molecule has 5 rings (SSSR count). The molecule has 0 radical (unpaired) electrons. The van der Waals surface area contributed by atoms with Crippen LogP contribution in [-0.2, 0) is 17.8 Å². The predicted octanol–water partition coefficient (Wildman–Crippen LogP) is 5.67. The van der Waals surface area contributed by atoms with E-state index in [9.17, 15) is 4.79 Å². The van der Waals surface area contributed by atoms with Gasteiger partial charge >= 0.3 is 0 Å². The third kappa shape index (κ3) is 4.50. The molecule has 0 saturated heterocycles. The average molecular weight is 450 g/mol. The fraction of sp³-hybridized carbons (Fsp3) is 0.172. The highest BCUT2D eigenvalue weighted by Crippen LogP contribution is 2.27. The van der Waals surface area contributed by atoms with Crippen LogP contribution >= 0.6 is 0 Å². The predicted molar refractivity (Wildman–Crippen MR) is 136 cm³/mol. The molecule has 0 spiro atoms. The molecule has 1 amide bonds. The maximum absolute atomic E-state index is 12.8. The van der Waals surface area contributed by atoms with Gasteiger partial charge in [0.2, 0.25) is 5.91 Å². The lowest BCUT2D eigenvalue weighted by molar-refractivity contribution is -0.121. The minimum Gasteiger partial charge on any atom is -0.497 e. The molecular weight excluding hydrogens is 422 g/mol. The van der Waals surface area contributed by atoms with E-state index in [1.54, 1.807) is 7.11 Å². The highest BCUT2D eigenvalue weighted by Gasteiger charge is 2.19. The normalized spacial score (nSPS) is 12.1. The smallest absolute Gasteiger partial charge is 0.224 e. The number of methoxy groups -OCH3 is 1. The van der Waals surface area contributed by atoms with Crippen molar-refractivity contribution in [3.8, 4) is 5.75 Å². The zero-order valence-electron chi connectivity index (χ0n) is 19.4. The Labute approximate surface area is 199 Å². The number of amides is 1. The number of rotatable bonds is 7. The molecule has 0 fully saturated rings. The molecule has 1 aromatic heterocycles. The van der Waals surface area contributed by atoms with Gasteiger partial charge in [-0.25, -0.2) is 4.98 Å². The summed E-state index contributed by atoms with van der Waals surface area (Å²) in [6, 6.07) is 30.3. The van der Waals surface area contributed by atoms with E-state index < -0.39 is 0 Å². The van der Waals surface area contributed by atoms with Gasteiger partial charge in [0.1, 0.15) is 11.6 Å². The van der Waals surface area contributed by atoms with Gasteiger partial charge in [-0.1, -0.05) is 66.7 Å². The Balaban J connectivity index is 1.48. The fourth-order valence-corrected chi connectivity index (χ4v) is 4.40. The summed E-state index contributed by atoms with van der Waals surface area (Å²) in [6.45, 7) is 2.63. The minimum atomic E-state index is -0.255. The van der Waals surface area contributed by atoms with Crippen molar-refractivity contribution in [1.82, 2.24) is 14.9 Å². The van der Waals surface area contributed by atoms with Crippen molar-refractivity contribution < 1.29 is 9.53 Å². The molecular formula is C29H27N3O2. The van der Waals surface area contributed by atoms with Gasteiger partial charge in [0, 0.05) is 12.6 Å². The maximum atomic E-state index is 12.8. The van der Waals surface area contributed by atoms with E-state index in [4.69, 9.17) is 9.72 Å². The Morgan fingerprint density at radius 1 is 0.912 bits per heavy atom. The highest BCUT2D eigenvalue weighted by atomic mass is 16.5. The number of carbonyl (C=O) groups excluding carboxylic acids is 1. The van der Waals surface area contributed by atoms with Crippen LogP contribution in [0.15, 0.2) is 91.0 Å². The van der Waals surface area contributed by atoms with Crippen molar-refractivity contribution in [3.63, 3.8) is 0 Å². The second-order valence-electron chi connectivity index (χ2n) is 8.54. The average Bonchev–Trinajstić information content (AvgIpc) is 3.22. The van der Waals surface area contributed by atoms with Crippen LogP contribution in [0.3, 0.4) is 0 Å². The molecule has 5 heteroatoms. The van der Waals surface area contributed by atoms with E-state index in [1.165, 1.54) is 16.3 Å². The van der Waals surface area contributed by atoms with Crippen LogP contribution < -0.4 is 10.1 Å². The molecule has 34 heavy (non-hydrogen) atoms. The van der Waals surface area contributed by atoms with Crippen molar-refractivity contribution in [2.75, 3.05) is 7.11 Å². The first-order chi connectivity index (χ1) is 16.6. The molecule has 5 aromatic rings. The summed E-state index contributed by atoms with van der Waals surface area (Å²) in [5.41, 5.74) is 4.01. The topological polar surface area (TPSA) is 56.1 Å². The Bertz CT molecular complexity index is 1460. The lowest BCUT2D eigenvalue weighted by Gasteiger charge is -2.17. The summed E-state index contributed by atoms with van der Waals surface area (Å²) in [6.07, 6.45) is 0.337. The van der Waals surface area contributed by atoms with E-state index in [-0.39, 0.29) is 11.9 Å². The van der Waals surface area contributed by atoms with Crippen LogP contribution in [0.4, 0.5) is 0 Å². The molecule has 1 atom stereocenters. The molecule has 170 valence electrons. The zero-order chi connectivity index (χ0) is 23.5. The number of fused-ring (bicyclic) bond motifs is 2. The Morgan fingerprint density at radius 3 is 2.47 bits per heavy atom. The Kier molecular flexibility index (Phi) is 6.00. The number of imidazole rings is 1. The molecule has 0 aliphatic heterocycles. The van der Waals surface area contributed by atoms with E-state index in [0.717, 1.165) is 28.2 Å². The summed E-state index contributed by atoms with van der Waals surface area (Å²) < 4.78 is 7.65. The van der Waals surface area contributed by atoms with Crippen LogP contribution in [0, 0.1) is 0 Å². The third-order valence-electron chi connectivity index (χ3n) is 6.11. The second kappa shape index (κ2) is 9.40. The molecule has 1 N–H and O–H groups in total. The lowest BCUT2D eigenvalue weighted by atomic mass is 10.1. The first-order valence-electron chi connectivity index (χ1n) is 11.5. The van der Waals surface area contributed by atoms with E-state index in [1.807, 2.05) is 55.5 Å². The maximum Gasteiger partial charge on any atom is 0.224 e. The van der Waals surface area contributed by atoms with Crippen molar-refractivity contribution in [2.24, 2.45) is 0 Å².